The molecule has 0 bridgehead atoms. The van der Waals surface area contributed by atoms with E-state index in [0.717, 1.165) is 27.9 Å². The van der Waals surface area contributed by atoms with E-state index in [4.69, 9.17) is 0 Å². The SMILES string of the molecule is Cc1ccc(C(C)C)c(N2/C(=N/C(=O)NCCc3ccc(-c4ncn(-c5ccc(OC(F)(F)F)cc5)n4)cc3)SCC2O)c1. The number of ether oxygens (including phenoxy) is 1. The van der Waals surface area contributed by atoms with Gasteiger partial charge in [-0.15, -0.1) is 18.3 Å². The van der Waals surface area contributed by atoms with Crippen molar-refractivity contribution < 1.29 is 27.8 Å². The minimum absolute atomic E-state index is 0.235. The average molecular weight is 625 g/mol. The molecule has 1 aliphatic heterocycles. The van der Waals surface area contributed by atoms with Gasteiger partial charge in [-0.3, -0.25) is 4.90 Å². The number of aliphatic hydroxyl groups excluding tert-OH is 1. The predicted octanol–water partition coefficient (Wildman–Crippen LogP) is 6.44. The number of amidine groups is 1. The van der Waals surface area contributed by atoms with Crippen molar-refractivity contribution in [3.63, 3.8) is 0 Å². The Balaban J connectivity index is 1.17. The van der Waals surface area contributed by atoms with Crippen LogP contribution in [-0.4, -0.2) is 56.0 Å². The zero-order valence-electron chi connectivity index (χ0n) is 24.2. The fourth-order valence-electron chi connectivity index (χ4n) is 4.70. The van der Waals surface area contributed by atoms with Gasteiger partial charge < -0.3 is 15.2 Å². The maximum atomic E-state index is 12.7. The number of nitrogens with zero attached hydrogens (tertiary/aromatic N) is 5. The Labute approximate surface area is 256 Å². The summed E-state index contributed by atoms with van der Waals surface area (Å²) in [4.78, 5) is 23.0. The highest BCUT2D eigenvalue weighted by Crippen LogP contribution is 2.35. The van der Waals surface area contributed by atoms with E-state index in [9.17, 15) is 23.1 Å². The van der Waals surface area contributed by atoms with E-state index in [1.807, 2.05) is 43.3 Å². The van der Waals surface area contributed by atoms with E-state index in [2.05, 4.69) is 45.0 Å². The number of nitrogens with one attached hydrogen (secondary N) is 1. The quantitative estimate of drug-likeness (QED) is 0.232. The van der Waals surface area contributed by atoms with Gasteiger partial charge in [-0.25, -0.2) is 14.5 Å². The number of anilines is 1. The van der Waals surface area contributed by atoms with Gasteiger partial charge in [-0.2, -0.15) is 4.99 Å². The first-order valence-electron chi connectivity index (χ1n) is 13.9. The van der Waals surface area contributed by atoms with E-state index in [1.165, 1.54) is 47.0 Å². The first-order valence-corrected chi connectivity index (χ1v) is 14.9. The summed E-state index contributed by atoms with van der Waals surface area (Å²) >= 11 is 1.35. The highest BCUT2D eigenvalue weighted by atomic mass is 32.2. The third kappa shape index (κ3) is 7.58. The topological polar surface area (TPSA) is 105 Å². The van der Waals surface area contributed by atoms with Crippen LogP contribution in [0.5, 0.6) is 5.75 Å². The Morgan fingerprint density at radius 1 is 1.14 bits per heavy atom. The van der Waals surface area contributed by atoms with Crippen molar-refractivity contribution >= 4 is 28.6 Å². The van der Waals surface area contributed by atoms with Gasteiger partial charge in [0.1, 0.15) is 18.3 Å². The van der Waals surface area contributed by atoms with Gasteiger partial charge in [0, 0.05) is 23.5 Å². The fraction of sp³-hybridized carbons (Fsp3) is 0.290. The summed E-state index contributed by atoms with van der Waals surface area (Å²) in [7, 11) is 0. The van der Waals surface area contributed by atoms with Crippen molar-refractivity contribution in [2.45, 2.75) is 45.7 Å². The molecule has 230 valence electrons. The van der Waals surface area contributed by atoms with Gasteiger partial charge in [-0.1, -0.05) is 62.0 Å². The largest absolute Gasteiger partial charge is 0.573 e. The van der Waals surface area contributed by atoms with E-state index in [-0.39, 0.29) is 11.7 Å². The second kappa shape index (κ2) is 13.1. The lowest BCUT2D eigenvalue weighted by Crippen LogP contribution is -2.36. The van der Waals surface area contributed by atoms with E-state index in [1.54, 1.807) is 4.90 Å². The number of alkyl halides is 3. The van der Waals surface area contributed by atoms with Crippen LogP contribution in [0, 0.1) is 6.92 Å². The summed E-state index contributed by atoms with van der Waals surface area (Å²) in [6.45, 7) is 6.54. The Bertz CT molecular complexity index is 1640. The number of halogens is 3. The standard InChI is InChI=1S/C31H31F3N6O3S/c1-19(2)25-13-4-20(3)16-26(25)40-27(41)17-44-30(40)37-29(42)35-15-14-21-5-7-22(8-6-21)28-36-18-39(38-28)23-9-11-24(12-10-23)43-31(32,33)34/h4-13,16,18-19,27,41H,14-15,17H2,1-3H3,(H,35,42)/b37-30-. The zero-order valence-corrected chi connectivity index (χ0v) is 25.1. The average Bonchev–Trinajstić information content (AvgIpc) is 3.60. The molecule has 1 atom stereocenters. The molecule has 1 fully saturated rings. The van der Waals surface area contributed by atoms with Crippen molar-refractivity contribution in [1.82, 2.24) is 20.1 Å². The van der Waals surface area contributed by atoms with Gasteiger partial charge in [0.05, 0.1) is 5.69 Å². The zero-order chi connectivity index (χ0) is 31.4. The molecule has 2 heterocycles. The molecule has 2 N–H and O–H groups in total. The molecule has 5 rings (SSSR count). The van der Waals surface area contributed by atoms with Crippen LogP contribution < -0.4 is 15.0 Å². The molecule has 0 saturated carbocycles. The first kappa shape index (κ1) is 31.1. The van der Waals surface area contributed by atoms with E-state index < -0.39 is 18.6 Å². The lowest BCUT2D eigenvalue weighted by atomic mass is 9.98. The Morgan fingerprint density at radius 3 is 2.55 bits per heavy atom. The van der Waals surface area contributed by atoms with Gasteiger partial charge >= 0.3 is 12.4 Å². The van der Waals surface area contributed by atoms with Crippen molar-refractivity contribution in [2.75, 3.05) is 17.2 Å². The summed E-state index contributed by atoms with van der Waals surface area (Å²) in [6.07, 6.45) is -3.48. The molecule has 0 aliphatic carbocycles. The van der Waals surface area contributed by atoms with Crippen LogP contribution in [0.2, 0.25) is 0 Å². The monoisotopic (exact) mass is 624 g/mol. The maximum Gasteiger partial charge on any atom is 0.573 e. The van der Waals surface area contributed by atoms with Crippen LogP contribution in [0.25, 0.3) is 17.1 Å². The molecule has 13 heteroatoms. The molecule has 1 aromatic heterocycles. The van der Waals surface area contributed by atoms with Crippen LogP contribution in [0.15, 0.2) is 78.0 Å². The second-order valence-corrected chi connectivity index (χ2v) is 11.5. The van der Waals surface area contributed by atoms with Crippen LogP contribution >= 0.6 is 11.8 Å². The smallest absolute Gasteiger partial charge is 0.406 e. The van der Waals surface area contributed by atoms with Crippen molar-refractivity contribution in [3.8, 4) is 22.8 Å². The molecule has 1 saturated heterocycles. The summed E-state index contributed by atoms with van der Waals surface area (Å²) in [5.41, 5.74) is 5.26. The van der Waals surface area contributed by atoms with Gasteiger partial charge in [-0.05, 0) is 66.3 Å². The predicted molar refractivity (Wildman–Crippen MR) is 164 cm³/mol. The number of aryl methyl sites for hydroxylation is 1. The molecule has 3 aromatic carbocycles. The highest BCUT2D eigenvalue weighted by Gasteiger charge is 2.33. The number of hydrogen-bond acceptors (Lipinski definition) is 6. The normalized spacial score (nSPS) is 16.1. The number of aliphatic imine (C=N–C) groups is 1. The number of urea groups is 1. The van der Waals surface area contributed by atoms with Crippen LogP contribution in [-0.2, 0) is 6.42 Å². The summed E-state index contributed by atoms with van der Waals surface area (Å²) in [6, 6.07) is 18.5. The molecule has 44 heavy (non-hydrogen) atoms. The molecule has 2 amide bonds. The van der Waals surface area contributed by atoms with Crippen molar-refractivity contribution in [3.05, 3.63) is 89.7 Å². The van der Waals surface area contributed by atoms with Crippen LogP contribution in [0.3, 0.4) is 0 Å². The fourth-order valence-corrected chi connectivity index (χ4v) is 5.66. The lowest BCUT2D eigenvalue weighted by molar-refractivity contribution is -0.274. The summed E-state index contributed by atoms with van der Waals surface area (Å²) < 4.78 is 42.6. The Kier molecular flexibility index (Phi) is 9.25. The number of amides is 2. The van der Waals surface area contributed by atoms with Crippen molar-refractivity contribution in [1.29, 1.82) is 0 Å². The molecule has 0 spiro atoms. The molecule has 0 radical (unpaired) electrons. The maximum absolute atomic E-state index is 12.7. The number of thioether (sulfide) groups is 1. The number of aliphatic hydroxyl groups is 1. The highest BCUT2D eigenvalue weighted by molar-refractivity contribution is 8.14. The van der Waals surface area contributed by atoms with Crippen LogP contribution in [0.4, 0.5) is 23.7 Å². The molecular formula is C31H31F3N6O3S. The van der Waals surface area contributed by atoms with Crippen LogP contribution in [0.1, 0.15) is 36.5 Å². The van der Waals surface area contributed by atoms with E-state index >= 15 is 0 Å². The number of aromatic nitrogens is 3. The van der Waals surface area contributed by atoms with Gasteiger partial charge in [0.25, 0.3) is 0 Å². The number of rotatable bonds is 8. The number of carbonyl (C=O) groups excluding carboxylic acids is 1. The summed E-state index contributed by atoms with van der Waals surface area (Å²) in [5, 5.41) is 18.4. The Hall–Kier alpha value is -4.36. The van der Waals surface area contributed by atoms with Gasteiger partial charge in [0.15, 0.2) is 11.0 Å². The third-order valence-corrected chi connectivity index (χ3v) is 7.87. The van der Waals surface area contributed by atoms with Gasteiger partial charge in [0.2, 0.25) is 0 Å². The third-order valence-electron chi connectivity index (χ3n) is 6.86. The first-order chi connectivity index (χ1) is 21.0. The summed E-state index contributed by atoms with van der Waals surface area (Å²) in [5.74, 6) is 0.784. The Morgan fingerprint density at radius 2 is 1.86 bits per heavy atom. The minimum atomic E-state index is -4.76. The van der Waals surface area contributed by atoms with Crippen molar-refractivity contribution in [2.24, 2.45) is 4.99 Å². The minimum Gasteiger partial charge on any atom is -0.406 e. The number of hydrogen-bond donors (Lipinski definition) is 2. The van der Waals surface area contributed by atoms with E-state index in [0.29, 0.717) is 35.4 Å². The number of benzene rings is 3. The molecule has 9 nitrogen and oxygen atoms in total. The molecular weight excluding hydrogens is 593 g/mol. The number of carbonyl (C=O) groups is 1. The lowest BCUT2D eigenvalue weighted by Gasteiger charge is -2.26. The second-order valence-electron chi connectivity index (χ2n) is 10.5. The molecule has 4 aromatic rings. The molecule has 1 unspecified atom stereocenters. The molecule has 1 aliphatic rings.